The Hall–Kier alpha value is -3.00. The van der Waals surface area contributed by atoms with Crippen LogP contribution in [0.2, 0.25) is 0 Å². The molecule has 2 fully saturated rings. The highest BCUT2D eigenvalue weighted by molar-refractivity contribution is 5.91. The monoisotopic (exact) mass is 412 g/mol. The van der Waals surface area contributed by atoms with E-state index in [1.165, 1.54) is 0 Å². The van der Waals surface area contributed by atoms with Gasteiger partial charge in [-0.05, 0) is 30.7 Å². The Morgan fingerprint density at radius 2 is 1.63 bits per heavy atom. The lowest BCUT2D eigenvalue weighted by Gasteiger charge is -2.34. The number of nitrogens with one attached hydrogen (secondary N) is 1. The van der Waals surface area contributed by atoms with E-state index in [0.717, 1.165) is 37.6 Å². The van der Waals surface area contributed by atoms with Crippen molar-refractivity contribution >= 4 is 17.6 Å². The molecule has 0 bridgehead atoms. The van der Waals surface area contributed by atoms with Gasteiger partial charge in [-0.3, -0.25) is 4.79 Å². The maximum Gasteiger partial charge on any atom is 0.317 e. The van der Waals surface area contributed by atoms with Crippen LogP contribution in [0.15, 0.2) is 40.8 Å². The molecule has 1 aromatic heterocycles. The minimum Gasteiger partial charge on any atom is -0.456 e. The molecule has 0 unspecified atom stereocenters. The second-order valence-corrected chi connectivity index (χ2v) is 7.58. The van der Waals surface area contributed by atoms with Gasteiger partial charge < -0.3 is 29.2 Å². The number of rotatable bonds is 4. The van der Waals surface area contributed by atoms with Crippen LogP contribution < -0.4 is 10.2 Å². The Kier molecular flexibility index (Phi) is 6.23. The van der Waals surface area contributed by atoms with Gasteiger partial charge in [-0.1, -0.05) is 18.2 Å². The topological polar surface area (TPSA) is 78.3 Å². The summed E-state index contributed by atoms with van der Waals surface area (Å²) in [6, 6.07) is 11.5. The standard InChI is InChI=1S/C22H28N4O4/c1-17-6-7-20(30-17)21(27)25-8-10-26(11-9-25)22(28)23-16-18-4-2-3-5-19(18)24-12-14-29-15-13-24/h2-7H,8-16H2,1H3,(H,23,28). The molecule has 1 N–H and O–H groups in total. The molecule has 8 heteroatoms. The molecule has 8 nitrogen and oxygen atoms in total. The van der Waals surface area contributed by atoms with E-state index < -0.39 is 0 Å². The van der Waals surface area contributed by atoms with Gasteiger partial charge in [0.05, 0.1) is 13.2 Å². The Balaban J connectivity index is 1.29. The molecule has 0 spiro atoms. The number of carbonyl (C=O) groups is 2. The van der Waals surface area contributed by atoms with Crippen LogP contribution >= 0.6 is 0 Å². The van der Waals surface area contributed by atoms with E-state index >= 15 is 0 Å². The molecule has 2 saturated heterocycles. The molecular formula is C22H28N4O4. The van der Waals surface area contributed by atoms with Crippen molar-refractivity contribution in [3.05, 3.63) is 53.5 Å². The first-order chi connectivity index (χ1) is 14.6. The van der Waals surface area contributed by atoms with Crippen LogP contribution in [-0.2, 0) is 11.3 Å². The van der Waals surface area contributed by atoms with Crippen molar-refractivity contribution in [2.75, 3.05) is 57.4 Å². The van der Waals surface area contributed by atoms with Crippen LogP contribution in [0, 0.1) is 6.92 Å². The molecule has 30 heavy (non-hydrogen) atoms. The van der Waals surface area contributed by atoms with Crippen LogP contribution in [0.5, 0.6) is 0 Å². The van der Waals surface area contributed by atoms with Gasteiger partial charge in [0.25, 0.3) is 5.91 Å². The van der Waals surface area contributed by atoms with Crippen molar-refractivity contribution in [2.45, 2.75) is 13.5 Å². The van der Waals surface area contributed by atoms with Crippen LogP contribution in [0.4, 0.5) is 10.5 Å². The fraction of sp³-hybridized carbons (Fsp3) is 0.455. The third kappa shape index (κ3) is 4.59. The SMILES string of the molecule is Cc1ccc(C(=O)N2CCN(C(=O)NCc3ccccc3N3CCOCC3)CC2)o1. The molecular weight excluding hydrogens is 384 g/mol. The van der Waals surface area contributed by atoms with E-state index in [0.29, 0.717) is 44.2 Å². The molecule has 0 saturated carbocycles. The van der Waals surface area contributed by atoms with E-state index in [-0.39, 0.29) is 11.9 Å². The van der Waals surface area contributed by atoms with Crippen LogP contribution in [0.25, 0.3) is 0 Å². The number of anilines is 1. The molecule has 2 aliphatic heterocycles. The zero-order chi connectivity index (χ0) is 20.9. The molecule has 0 aliphatic carbocycles. The van der Waals surface area contributed by atoms with Crippen LogP contribution in [0.1, 0.15) is 21.9 Å². The number of para-hydroxylation sites is 1. The Bertz CT molecular complexity index is 883. The van der Waals surface area contributed by atoms with Gasteiger partial charge >= 0.3 is 6.03 Å². The number of piperazine rings is 1. The number of ether oxygens (including phenoxy) is 1. The number of morpholine rings is 1. The Labute approximate surface area is 176 Å². The summed E-state index contributed by atoms with van der Waals surface area (Å²) in [4.78, 5) is 30.9. The molecule has 160 valence electrons. The number of urea groups is 1. The minimum atomic E-state index is -0.123. The van der Waals surface area contributed by atoms with Crippen molar-refractivity contribution in [2.24, 2.45) is 0 Å². The maximum absolute atomic E-state index is 12.7. The normalized spacial score (nSPS) is 17.2. The lowest BCUT2D eigenvalue weighted by molar-refractivity contribution is 0.0632. The van der Waals surface area contributed by atoms with Gasteiger partial charge in [-0.15, -0.1) is 0 Å². The first-order valence-corrected chi connectivity index (χ1v) is 10.4. The van der Waals surface area contributed by atoms with E-state index in [4.69, 9.17) is 9.15 Å². The predicted octanol–water partition coefficient (Wildman–Crippen LogP) is 2.09. The van der Waals surface area contributed by atoms with Gasteiger partial charge in [0, 0.05) is 51.5 Å². The summed E-state index contributed by atoms with van der Waals surface area (Å²) in [5.41, 5.74) is 2.24. The zero-order valence-corrected chi connectivity index (χ0v) is 17.3. The summed E-state index contributed by atoms with van der Waals surface area (Å²) in [7, 11) is 0. The molecule has 0 atom stereocenters. The highest BCUT2D eigenvalue weighted by Gasteiger charge is 2.26. The molecule has 2 aromatic rings. The quantitative estimate of drug-likeness (QED) is 0.832. The largest absolute Gasteiger partial charge is 0.456 e. The number of hydrogen-bond acceptors (Lipinski definition) is 5. The number of benzene rings is 1. The Morgan fingerprint density at radius 1 is 0.933 bits per heavy atom. The van der Waals surface area contributed by atoms with E-state index in [2.05, 4.69) is 16.3 Å². The average Bonchev–Trinajstić information content (AvgIpc) is 3.24. The lowest BCUT2D eigenvalue weighted by Crippen LogP contribution is -2.53. The fourth-order valence-electron chi connectivity index (χ4n) is 3.87. The minimum absolute atomic E-state index is 0.104. The molecule has 3 heterocycles. The van der Waals surface area contributed by atoms with Crippen molar-refractivity contribution in [3.8, 4) is 0 Å². The zero-order valence-electron chi connectivity index (χ0n) is 17.3. The number of hydrogen-bond donors (Lipinski definition) is 1. The molecule has 3 amide bonds. The second kappa shape index (κ2) is 9.21. The van der Waals surface area contributed by atoms with Gasteiger partial charge in [-0.25, -0.2) is 4.79 Å². The lowest BCUT2D eigenvalue weighted by atomic mass is 10.1. The highest BCUT2D eigenvalue weighted by atomic mass is 16.5. The number of nitrogens with zero attached hydrogens (tertiary/aromatic N) is 3. The first-order valence-electron chi connectivity index (χ1n) is 10.4. The summed E-state index contributed by atoms with van der Waals surface area (Å²) in [5, 5.41) is 3.03. The third-order valence-corrected chi connectivity index (χ3v) is 5.58. The molecule has 1 aromatic carbocycles. The van der Waals surface area contributed by atoms with Gasteiger partial charge in [0.1, 0.15) is 5.76 Å². The fourth-order valence-corrected chi connectivity index (χ4v) is 3.87. The number of aryl methyl sites for hydroxylation is 1. The van der Waals surface area contributed by atoms with E-state index in [9.17, 15) is 9.59 Å². The summed E-state index contributed by atoms with van der Waals surface area (Å²) in [5.74, 6) is 0.946. The molecule has 4 rings (SSSR count). The molecule has 2 aliphatic rings. The van der Waals surface area contributed by atoms with Gasteiger partial charge in [0.15, 0.2) is 5.76 Å². The van der Waals surface area contributed by atoms with Crippen molar-refractivity contribution in [1.29, 1.82) is 0 Å². The van der Waals surface area contributed by atoms with Crippen molar-refractivity contribution in [1.82, 2.24) is 15.1 Å². The van der Waals surface area contributed by atoms with Crippen molar-refractivity contribution in [3.63, 3.8) is 0 Å². The maximum atomic E-state index is 12.7. The van der Waals surface area contributed by atoms with E-state index in [1.54, 1.807) is 21.9 Å². The third-order valence-electron chi connectivity index (χ3n) is 5.58. The average molecular weight is 412 g/mol. The van der Waals surface area contributed by atoms with Gasteiger partial charge in [0.2, 0.25) is 0 Å². The van der Waals surface area contributed by atoms with E-state index in [1.807, 2.05) is 25.1 Å². The highest BCUT2D eigenvalue weighted by Crippen LogP contribution is 2.21. The number of carbonyl (C=O) groups excluding carboxylic acids is 2. The smallest absolute Gasteiger partial charge is 0.317 e. The Morgan fingerprint density at radius 3 is 2.33 bits per heavy atom. The summed E-state index contributed by atoms with van der Waals surface area (Å²) in [6.45, 7) is 7.44. The predicted molar refractivity (Wildman–Crippen MR) is 113 cm³/mol. The summed E-state index contributed by atoms with van der Waals surface area (Å²) >= 11 is 0. The van der Waals surface area contributed by atoms with Crippen molar-refractivity contribution < 1.29 is 18.7 Å². The number of furan rings is 1. The summed E-state index contributed by atoms with van der Waals surface area (Å²) < 4.78 is 10.9. The number of amides is 3. The summed E-state index contributed by atoms with van der Waals surface area (Å²) in [6.07, 6.45) is 0. The second-order valence-electron chi connectivity index (χ2n) is 7.58. The molecule has 0 radical (unpaired) electrons. The van der Waals surface area contributed by atoms with Crippen LogP contribution in [0.3, 0.4) is 0 Å². The first kappa shape index (κ1) is 20.3. The van der Waals surface area contributed by atoms with Gasteiger partial charge in [-0.2, -0.15) is 0 Å². The van der Waals surface area contributed by atoms with Crippen LogP contribution in [-0.4, -0.2) is 74.2 Å².